The molecule has 1 aliphatic carbocycles. The lowest BCUT2D eigenvalue weighted by Crippen LogP contribution is -2.41. The molecule has 1 saturated carbocycles. The minimum Gasteiger partial charge on any atom is -0.396 e. The average Bonchev–Trinajstić information content (AvgIpc) is 2.27. The zero-order chi connectivity index (χ0) is 11.3. The molecule has 0 heterocycles. The molecule has 0 spiro atoms. The van der Waals surface area contributed by atoms with Crippen LogP contribution in [-0.4, -0.2) is 37.5 Å². The third kappa shape index (κ3) is 4.49. The van der Waals surface area contributed by atoms with Gasteiger partial charge < -0.3 is 15.2 Å². The molecule has 1 aliphatic rings. The van der Waals surface area contributed by atoms with Crippen molar-refractivity contribution in [3.63, 3.8) is 0 Å². The Bertz CT molecular complexity index is 174. The predicted molar refractivity (Wildman–Crippen MR) is 61.9 cm³/mol. The summed E-state index contributed by atoms with van der Waals surface area (Å²) in [5.41, 5.74) is -0.00188. The highest BCUT2D eigenvalue weighted by molar-refractivity contribution is 4.80. The minimum atomic E-state index is -0.00188. The first-order chi connectivity index (χ1) is 7.07. The molecule has 15 heavy (non-hydrogen) atoms. The molecule has 3 nitrogen and oxygen atoms in total. The van der Waals surface area contributed by atoms with Crippen molar-refractivity contribution in [1.82, 2.24) is 5.32 Å². The maximum Gasteiger partial charge on any atom is 0.0572 e. The van der Waals surface area contributed by atoms with Crippen molar-refractivity contribution in [2.45, 2.75) is 51.7 Å². The Morgan fingerprint density at radius 3 is 2.33 bits per heavy atom. The molecular formula is C12H25NO2. The molecule has 0 aromatic carbocycles. The van der Waals surface area contributed by atoms with E-state index in [9.17, 15) is 0 Å². The number of methoxy groups -OCH3 is 1. The zero-order valence-corrected chi connectivity index (χ0v) is 10.3. The summed E-state index contributed by atoms with van der Waals surface area (Å²) < 4.78 is 5.34. The number of ether oxygens (including phenoxy) is 1. The van der Waals surface area contributed by atoms with Gasteiger partial charge in [-0.3, -0.25) is 0 Å². The second kappa shape index (κ2) is 5.83. The van der Waals surface area contributed by atoms with E-state index in [1.54, 1.807) is 7.11 Å². The lowest BCUT2D eigenvalue weighted by Gasteiger charge is -2.31. The van der Waals surface area contributed by atoms with Gasteiger partial charge in [0.1, 0.15) is 0 Å². The largest absolute Gasteiger partial charge is 0.396 e. The van der Waals surface area contributed by atoms with Gasteiger partial charge in [-0.2, -0.15) is 0 Å². The molecule has 0 amide bonds. The normalized spacial score (nSPS) is 28.0. The van der Waals surface area contributed by atoms with Crippen molar-refractivity contribution >= 4 is 0 Å². The Balaban J connectivity index is 2.19. The maximum absolute atomic E-state index is 9.14. The van der Waals surface area contributed by atoms with Crippen LogP contribution in [0, 0.1) is 5.41 Å². The Hall–Kier alpha value is -0.120. The van der Waals surface area contributed by atoms with Gasteiger partial charge in [-0.25, -0.2) is 0 Å². The summed E-state index contributed by atoms with van der Waals surface area (Å²) in [5.74, 6) is 0. The van der Waals surface area contributed by atoms with Crippen LogP contribution in [0.15, 0.2) is 0 Å². The quantitative estimate of drug-likeness (QED) is 0.731. The van der Waals surface area contributed by atoms with E-state index in [0.717, 1.165) is 19.4 Å². The van der Waals surface area contributed by atoms with E-state index in [1.807, 2.05) is 0 Å². The fourth-order valence-corrected chi connectivity index (χ4v) is 1.98. The maximum atomic E-state index is 9.14. The van der Waals surface area contributed by atoms with E-state index in [-0.39, 0.29) is 12.0 Å². The standard InChI is InChI=1S/C12H25NO2/c1-12(2,9-14)8-13-10-4-6-11(15-3)7-5-10/h10-11,13-14H,4-9H2,1-3H3. The Labute approximate surface area is 93.2 Å². The molecular weight excluding hydrogens is 190 g/mol. The highest BCUT2D eigenvalue weighted by Gasteiger charge is 2.23. The number of hydrogen-bond acceptors (Lipinski definition) is 3. The third-order valence-corrected chi connectivity index (χ3v) is 3.30. The second-order valence-electron chi connectivity index (χ2n) is 5.41. The van der Waals surface area contributed by atoms with Crippen LogP contribution < -0.4 is 5.32 Å². The van der Waals surface area contributed by atoms with Gasteiger partial charge in [0.05, 0.1) is 6.10 Å². The monoisotopic (exact) mass is 215 g/mol. The number of aliphatic hydroxyl groups excluding tert-OH is 1. The van der Waals surface area contributed by atoms with Gasteiger partial charge in [0, 0.05) is 31.7 Å². The topological polar surface area (TPSA) is 41.5 Å². The molecule has 0 saturated heterocycles. The molecule has 2 N–H and O–H groups in total. The SMILES string of the molecule is COC1CCC(NCC(C)(C)CO)CC1. The highest BCUT2D eigenvalue weighted by atomic mass is 16.5. The first kappa shape index (κ1) is 12.9. The van der Waals surface area contributed by atoms with Crippen molar-refractivity contribution in [2.75, 3.05) is 20.3 Å². The van der Waals surface area contributed by atoms with Gasteiger partial charge in [-0.15, -0.1) is 0 Å². The molecule has 0 bridgehead atoms. The molecule has 3 heteroatoms. The number of nitrogens with one attached hydrogen (secondary N) is 1. The summed E-state index contributed by atoms with van der Waals surface area (Å²) >= 11 is 0. The zero-order valence-electron chi connectivity index (χ0n) is 10.3. The predicted octanol–water partition coefficient (Wildman–Crippen LogP) is 1.55. The molecule has 0 aliphatic heterocycles. The van der Waals surface area contributed by atoms with Crippen LogP contribution in [0.1, 0.15) is 39.5 Å². The van der Waals surface area contributed by atoms with Crippen molar-refractivity contribution in [3.05, 3.63) is 0 Å². The summed E-state index contributed by atoms with van der Waals surface area (Å²) in [4.78, 5) is 0. The van der Waals surface area contributed by atoms with Gasteiger partial charge in [0.2, 0.25) is 0 Å². The third-order valence-electron chi connectivity index (χ3n) is 3.30. The molecule has 1 rings (SSSR count). The fraction of sp³-hybridized carbons (Fsp3) is 1.00. The average molecular weight is 215 g/mol. The molecule has 0 unspecified atom stereocenters. The number of rotatable bonds is 5. The minimum absolute atomic E-state index is 0.00188. The number of hydrogen-bond donors (Lipinski definition) is 2. The van der Waals surface area contributed by atoms with Gasteiger partial charge in [-0.05, 0) is 25.7 Å². The fourth-order valence-electron chi connectivity index (χ4n) is 1.98. The van der Waals surface area contributed by atoms with Crippen molar-refractivity contribution in [2.24, 2.45) is 5.41 Å². The first-order valence-electron chi connectivity index (χ1n) is 5.94. The van der Waals surface area contributed by atoms with Crippen LogP contribution >= 0.6 is 0 Å². The van der Waals surface area contributed by atoms with Crippen LogP contribution in [-0.2, 0) is 4.74 Å². The Morgan fingerprint density at radius 1 is 1.27 bits per heavy atom. The van der Waals surface area contributed by atoms with Crippen molar-refractivity contribution < 1.29 is 9.84 Å². The molecule has 0 aromatic heterocycles. The summed E-state index contributed by atoms with van der Waals surface area (Å²) in [6.45, 7) is 5.31. The molecule has 1 fully saturated rings. The van der Waals surface area contributed by atoms with E-state index in [4.69, 9.17) is 9.84 Å². The van der Waals surface area contributed by atoms with Gasteiger partial charge in [0.15, 0.2) is 0 Å². The lowest BCUT2D eigenvalue weighted by molar-refractivity contribution is 0.0598. The summed E-state index contributed by atoms with van der Waals surface area (Å²) in [6.07, 6.45) is 5.18. The van der Waals surface area contributed by atoms with E-state index >= 15 is 0 Å². The van der Waals surface area contributed by atoms with Crippen LogP contribution in [0.2, 0.25) is 0 Å². The van der Waals surface area contributed by atoms with Crippen LogP contribution in [0.5, 0.6) is 0 Å². The highest BCUT2D eigenvalue weighted by Crippen LogP contribution is 2.21. The smallest absolute Gasteiger partial charge is 0.0572 e. The van der Waals surface area contributed by atoms with Gasteiger partial charge in [0.25, 0.3) is 0 Å². The van der Waals surface area contributed by atoms with Crippen molar-refractivity contribution in [3.8, 4) is 0 Å². The number of aliphatic hydroxyl groups is 1. The molecule has 0 radical (unpaired) electrons. The Kier molecular flexibility index (Phi) is 5.03. The van der Waals surface area contributed by atoms with Crippen molar-refractivity contribution in [1.29, 1.82) is 0 Å². The van der Waals surface area contributed by atoms with Crippen LogP contribution in [0.3, 0.4) is 0 Å². The second-order valence-corrected chi connectivity index (χ2v) is 5.41. The van der Waals surface area contributed by atoms with E-state index in [2.05, 4.69) is 19.2 Å². The van der Waals surface area contributed by atoms with E-state index in [1.165, 1.54) is 12.8 Å². The molecule has 0 aromatic rings. The van der Waals surface area contributed by atoms with E-state index in [0.29, 0.717) is 12.1 Å². The Morgan fingerprint density at radius 2 is 1.87 bits per heavy atom. The molecule has 0 atom stereocenters. The summed E-state index contributed by atoms with van der Waals surface area (Å²) in [6, 6.07) is 0.613. The summed E-state index contributed by atoms with van der Waals surface area (Å²) in [5, 5.41) is 12.7. The lowest BCUT2D eigenvalue weighted by atomic mass is 9.90. The first-order valence-corrected chi connectivity index (χ1v) is 5.94. The molecule has 90 valence electrons. The summed E-state index contributed by atoms with van der Waals surface area (Å²) in [7, 11) is 1.80. The van der Waals surface area contributed by atoms with E-state index < -0.39 is 0 Å². The van der Waals surface area contributed by atoms with Gasteiger partial charge >= 0.3 is 0 Å². The van der Waals surface area contributed by atoms with Crippen LogP contribution in [0.4, 0.5) is 0 Å². The van der Waals surface area contributed by atoms with Crippen LogP contribution in [0.25, 0.3) is 0 Å². The van der Waals surface area contributed by atoms with Gasteiger partial charge in [-0.1, -0.05) is 13.8 Å².